The van der Waals surface area contributed by atoms with Crippen LogP contribution >= 0.6 is 0 Å². The second-order valence-electron chi connectivity index (χ2n) is 7.32. The molecule has 5 nitrogen and oxygen atoms in total. The number of aliphatic carboxylic acids is 1. The van der Waals surface area contributed by atoms with Crippen molar-refractivity contribution in [3.05, 3.63) is 77.2 Å². The van der Waals surface area contributed by atoms with Crippen molar-refractivity contribution in [2.24, 2.45) is 5.92 Å². The first-order chi connectivity index (χ1) is 14.0. The number of benzene rings is 1. The molecule has 2 heterocycles. The summed E-state index contributed by atoms with van der Waals surface area (Å²) in [5.41, 5.74) is 5.67. The predicted molar refractivity (Wildman–Crippen MR) is 113 cm³/mol. The third-order valence-electron chi connectivity index (χ3n) is 5.17. The van der Waals surface area contributed by atoms with Crippen LogP contribution in [0.25, 0.3) is 23.4 Å². The lowest BCUT2D eigenvalue weighted by atomic mass is 10.1. The molecule has 2 atom stereocenters. The molecule has 1 aliphatic carbocycles. The molecule has 4 rings (SSSR count). The quantitative estimate of drug-likeness (QED) is 0.658. The highest BCUT2D eigenvalue weighted by Crippen LogP contribution is 2.50. The van der Waals surface area contributed by atoms with Crippen LogP contribution in [-0.4, -0.2) is 28.2 Å². The van der Waals surface area contributed by atoms with Crippen LogP contribution in [0.15, 0.2) is 54.9 Å². The molecule has 3 aromatic rings. The van der Waals surface area contributed by atoms with Gasteiger partial charge in [0.05, 0.1) is 24.4 Å². The number of methoxy groups -OCH3 is 1. The standard InChI is InChI=1S/C24H22N2O3/c1-15-3-5-16(6-4-15)7-8-17-11-18(14-25-13-17)21-9-10-22(29-2)23(26-21)19-12-20(19)24(27)28/h3-11,13-14,19-20H,12H2,1-2H3,(H,27,28)/b8-7-/t19-,20-/m0/s1. The summed E-state index contributed by atoms with van der Waals surface area (Å²) in [6.45, 7) is 2.07. The van der Waals surface area contributed by atoms with Crippen molar-refractivity contribution in [2.45, 2.75) is 19.3 Å². The summed E-state index contributed by atoms with van der Waals surface area (Å²) in [4.78, 5) is 20.3. The van der Waals surface area contributed by atoms with Crippen molar-refractivity contribution in [3.63, 3.8) is 0 Å². The summed E-state index contributed by atoms with van der Waals surface area (Å²) in [5, 5.41) is 9.25. The van der Waals surface area contributed by atoms with Gasteiger partial charge >= 0.3 is 5.97 Å². The maximum absolute atomic E-state index is 11.3. The molecular weight excluding hydrogens is 364 g/mol. The minimum Gasteiger partial charge on any atom is -0.495 e. The fraction of sp³-hybridized carbons (Fsp3) is 0.208. The van der Waals surface area contributed by atoms with E-state index < -0.39 is 5.97 Å². The van der Waals surface area contributed by atoms with Crippen LogP contribution in [0.5, 0.6) is 5.75 Å². The number of aryl methyl sites for hydroxylation is 1. The molecule has 0 aliphatic heterocycles. The number of hydrogen-bond donors (Lipinski definition) is 1. The Morgan fingerprint density at radius 3 is 2.55 bits per heavy atom. The van der Waals surface area contributed by atoms with E-state index in [1.807, 2.05) is 24.3 Å². The highest BCUT2D eigenvalue weighted by Gasteiger charge is 2.46. The Morgan fingerprint density at radius 2 is 1.86 bits per heavy atom. The molecule has 0 bridgehead atoms. The number of nitrogens with zero attached hydrogens (tertiary/aromatic N) is 2. The minimum atomic E-state index is -0.783. The third-order valence-corrected chi connectivity index (χ3v) is 5.17. The van der Waals surface area contributed by atoms with E-state index in [2.05, 4.69) is 42.2 Å². The van der Waals surface area contributed by atoms with Crippen molar-refractivity contribution in [1.29, 1.82) is 0 Å². The van der Waals surface area contributed by atoms with Crippen molar-refractivity contribution in [2.75, 3.05) is 7.11 Å². The molecule has 1 aliphatic rings. The Bertz CT molecular complexity index is 1070. The maximum atomic E-state index is 11.3. The van der Waals surface area contributed by atoms with Gasteiger partial charge in [0.2, 0.25) is 0 Å². The van der Waals surface area contributed by atoms with Crippen LogP contribution in [0, 0.1) is 12.8 Å². The molecule has 0 saturated heterocycles. The van der Waals surface area contributed by atoms with Gasteiger partial charge in [0.15, 0.2) is 0 Å². The first-order valence-electron chi connectivity index (χ1n) is 9.53. The van der Waals surface area contributed by atoms with Gasteiger partial charge in [-0.05, 0) is 42.7 Å². The Hall–Kier alpha value is -3.47. The highest BCUT2D eigenvalue weighted by molar-refractivity contribution is 5.76. The van der Waals surface area contributed by atoms with Crippen molar-refractivity contribution in [3.8, 4) is 17.0 Å². The van der Waals surface area contributed by atoms with E-state index in [0.29, 0.717) is 17.9 Å². The minimum absolute atomic E-state index is 0.0972. The number of carboxylic acid groups (broad SMARTS) is 1. The zero-order chi connectivity index (χ0) is 20.4. The summed E-state index contributed by atoms with van der Waals surface area (Å²) in [7, 11) is 1.58. The Morgan fingerprint density at radius 1 is 1.10 bits per heavy atom. The van der Waals surface area contributed by atoms with E-state index in [0.717, 1.165) is 22.4 Å². The molecule has 0 spiro atoms. The predicted octanol–water partition coefficient (Wildman–Crippen LogP) is 4.82. The van der Waals surface area contributed by atoms with Gasteiger partial charge in [-0.2, -0.15) is 0 Å². The molecule has 1 saturated carbocycles. The largest absolute Gasteiger partial charge is 0.495 e. The van der Waals surface area contributed by atoms with Crippen LogP contribution in [0.4, 0.5) is 0 Å². The second-order valence-corrected chi connectivity index (χ2v) is 7.32. The lowest BCUT2D eigenvalue weighted by Gasteiger charge is -2.10. The second kappa shape index (κ2) is 7.87. The van der Waals surface area contributed by atoms with Gasteiger partial charge in [-0.1, -0.05) is 42.0 Å². The smallest absolute Gasteiger partial charge is 0.307 e. The normalized spacial score (nSPS) is 18.0. The molecule has 0 unspecified atom stereocenters. The fourth-order valence-electron chi connectivity index (χ4n) is 3.39. The summed E-state index contributed by atoms with van der Waals surface area (Å²) < 4.78 is 5.40. The average molecular weight is 386 g/mol. The van der Waals surface area contributed by atoms with Crippen LogP contribution in [0.3, 0.4) is 0 Å². The summed E-state index contributed by atoms with van der Waals surface area (Å²) in [6.07, 6.45) is 8.24. The molecule has 0 radical (unpaired) electrons. The lowest BCUT2D eigenvalue weighted by Crippen LogP contribution is -2.02. The van der Waals surface area contributed by atoms with Crippen LogP contribution in [0.1, 0.15) is 34.7 Å². The molecule has 1 fully saturated rings. The monoisotopic (exact) mass is 386 g/mol. The molecule has 1 aromatic carbocycles. The van der Waals surface area contributed by atoms with Gasteiger partial charge in [-0.25, -0.2) is 4.98 Å². The van der Waals surface area contributed by atoms with Crippen LogP contribution in [-0.2, 0) is 4.79 Å². The molecule has 1 N–H and O–H groups in total. The van der Waals surface area contributed by atoms with Crippen LogP contribution in [0.2, 0.25) is 0 Å². The van der Waals surface area contributed by atoms with E-state index in [-0.39, 0.29) is 11.8 Å². The summed E-state index contributed by atoms with van der Waals surface area (Å²) in [6, 6.07) is 14.1. The van der Waals surface area contributed by atoms with E-state index in [1.54, 1.807) is 19.5 Å². The number of hydrogen-bond acceptors (Lipinski definition) is 4. The number of rotatable bonds is 6. The summed E-state index contributed by atoms with van der Waals surface area (Å²) in [5.74, 6) is -0.631. The van der Waals surface area contributed by atoms with E-state index in [9.17, 15) is 9.90 Å². The van der Waals surface area contributed by atoms with Gasteiger partial charge in [-0.15, -0.1) is 0 Å². The van der Waals surface area contributed by atoms with Crippen molar-refractivity contribution in [1.82, 2.24) is 9.97 Å². The molecule has 2 aromatic heterocycles. The summed E-state index contributed by atoms with van der Waals surface area (Å²) >= 11 is 0. The SMILES string of the molecule is COc1ccc(-c2cncc(/C=C\c3ccc(C)cc3)c2)nc1[C@H]1C[C@@H]1C(=O)O. The van der Waals surface area contributed by atoms with Gasteiger partial charge in [0.1, 0.15) is 5.75 Å². The van der Waals surface area contributed by atoms with Crippen LogP contribution < -0.4 is 4.74 Å². The molecule has 146 valence electrons. The number of carboxylic acids is 1. The average Bonchev–Trinajstić information content (AvgIpc) is 3.54. The maximum Gasteiger partial charge on any atom is 0.307 e. The Balaban J connectivity index is 1.61. The first-order valence-corrected chi connectivity index (χ1v) is 9.53. The van der Waals surface area contributed by atoms with Gasteiger partial charge in [0.25, 0.3) is 0 Å². The number of aromatic nitrogens is 2. The number of ether oxygens (including phenoxy) is 1. The van der Waals surface area contributed by atoms with Gasteiger partial charge in [-0.3, -0.25) is 9.78 Å². The topological polar surface area (TPSA) is 72.3 Å². The molecule has 29 heavy (non-hydrogen) atoms. The van der Waals surface area contributed by atoms with E-state index in [1.165, 1.54) is 5.56 Å². The van der Waals surface area contributed by atoms with Crippen molar-refractivity contribution >= 4 is 18.1 Å². The number of carbonyl (C=O) groups is 1. The van der Waals surface area contributed by atoms with Gasteiger partial charge in [0, 0.05) is 23.9 Å². The molecule has 0 amide bonds. The molecular formula is C24H22N2O3. The zero-order valence-corrected chi connectivity index (χ0v) is 16.4. The Kier molecular flexibility index (Phi) is 5.12. The van der Waals surface area contributed by atoms with Crippen molar-refractivity contribution < 1.29 is 14.6 Å². The molecule has 5 heteroatoms. The number of pyridine rings is 2. The van der Waals surface area contributed by atoms with E-state index >= 15 is 0 Å². The fourth-order valence-corrected chi connectivity index (χ4v) is 3.39. The lowest BCUT2D eigenvalue weighted by molar-refractivity contribution is -0.138. The third kappa shape index (κ3) is 4.19. The Labute approximate surface area is 169 Å². The first kappa shape index (κ1) is 18.9. The highest BCUT2D eigenvalue weighted by atomic mass is 16.5. The zero-order valence-electron chi connectivity index (χ0n) is 16.4. The van der Waals surface area contributed by atoms with Gasteiger partial charge < -0.3 is 9.84 Å². The van der Waals surface area contributed by atoms with E-state index in [4.69, 9.17) is 9.72 Å².